The number of amides is 3. The Hall–Kier alpha value is -4.57. The van der Waals surface area contributed by atoms with Gasteiger partial charge in [0.15, 0.2) is 18.9 Å². The molecule has 0 radical (unpaired) electrons. The number of alkyl carbamates (subject to hydrolysis) is 1. The van der Waals surface area contributed by atoms with Crippen LogP contribution in [0.3, 0.4) is 0 Å². The first-order valence-electron chi connectivity index (χ1n) is 20.5. The van der Waals surface area contributed by atoms with Crippen LogP contribution in [0.25, 0.3) is 0 Å². The number of rotatable bonds is 23. The molecular weight excluding hydrogens is 748 g/mol. The van der Waals surface area contributed by atoms with Gasteiger partial charge in [-0.05, 0) is 81.5 Å². The summed E-state index contributed by atoms with van der Waals surface area (Å²) in [5.74, 6) is -1.25. The molecule has 2 aromatic rings. The number of hydrogen-bond acceptors (Lipinski definition) is 12. The first-order valence-corrected chi connectivity index (χ1v) is 20.5. The van der Waals surface area contributed by atoms with Crippen molar-refractivity contribution in [3.8, 4) is 5.75 Å². The molecule has 15 heteroatoms. The average Bonchev–Trinajstić information content (AvgIpc) is 3.62. The summed E-state index contributed by atoms with van der Waals surface area (Å²) < 4.78 is 21.0. The third-order valence-electron chi connectivity index (χ3n) is 10.7. The van der Waals surface area contributed by atoms with Crippen molar-refractivity contribution in [1.29, 1.82) is 0 Å². The molecule has 2 aromatic carbocycles. The number of nitrogens with zero attached hydrogens (tertiary/aromatic N) is 1. The number of carbonyl (C=O) groups excluding carboxylic acids is 5. The fourth-order valence-electron chi connectivity index (χ4n) is 7.43. The molecule has 58 heavy (non-hydrogen) atoms. The number of hydrogen-bond donors (Lipinski definition) is 5. The van der Waals surface area contributed by atoms with Crippen molar-refractivity contribution in [3.05, 3.63) is 65.7 Å². The van der Waals surface area contributed by atoms with Crippen molar-refractivity contribution in [1.82, 2.24) is 15.5 Å². The Morgan fingerprint density at radius 3 is 2.33 bits per heavy atom. The van der Waals surface area contributed by atoms with Gasteiger partial charge in [0.2, 0.25) is 11.8 Å². The SMILES string of the molecule is CC(CCC(N)=O)NC(O)C1CCC2CCCCC(CCCC(=O)C(Cc3ccc(OCC(O)OCOC(=O)C(C)C)cc3)NC(=O)OCc3ccccc3)C(=O)N21. The maximum absolute atomic E-state index is 14.1. The van der Waals surface area contributed by atoms with Crippen LogP contribution in [0.15, 0.2) is 54.6 Å². The van der Waals surface area contributed by atoms with Crippen LogP contribution in [0.1, 0.15) is 103 Å². The van der Waals surface area contributed by atoms with Gasteiger partial charge in [0.1, 0.15) is 25.2 Å². The Morgan fingerprint density at radius 2 is 1.62 bits per heavy atom. The van der Waals surface area contributed by atoms with Crippen molar-refractivity contribution in [2.45, 2.75) is 141 Å². The van der Waals surface area contributed by atoms with Gasteiger partial charge in [0, 0.05) is 30.8 Å². The number of aliphatic hydroxyl groups excluding tert-OH is 2. The lowest BCUT2D eigenvalue weighted by molar-refractivity contribution is -0.192. The monoisotopic (exact) mass is 810 g/mol. The van der Waals surface area contributed by atoms with E-state index in [9.17, 15) is 34.2 Å². The van der Waals surface area contributed by atoms with Crippen LogP contribution in [0, 0.1) is 11.8 Å². The zero-order valence-electron chi connectivity index (χ0n) is 34.0. The molecule has 7 atom stereocenters. The first-order chi connectivity index (χ1) is 27.8. The molecule has 2 saturated heterocycles. The van der Waals surface area contributed by atoms with E-state index < -0.39 is 43.3 Å². The van der Waals surface area contributed by atoms with E-state index in [2.05, 4.69) is 10.6 Å². The van der Waals surface area contributed by atoms with E-state index in [0.29, 0.717) is 37.9 Å². The van der Waals surface area contributed by atoms with Gasteiger partial charge < -0.3 is 45.1 Å². The third kappa shape index (κ3) is 15.3. The normalized spacial score (nSPS) is 20.2. The highest BCUT2D eigenvalue weighted by atomic mass is 16.7. The van der Waals surface area contributed by atoms with Crippen LogP contribution >= 0.6 is 0 Å². The average molecular weight is 811 g/mol. The van der Waals surface area contributed by atoms with E-state index in [0.717, 1.165) is 36.8 Å². The van der Waals surface area contributed by atoms with Crippen molar-refractivity contribution < 1.29 is 53.1 Å². The molecule has 6 N–H and O–H groups in total. The topological polar surface area (TPSA) is 216 Å². The number of fused-ring (bicyclic) bond motifs is 1. The number of nitrogens with one attached hydrogen (secondary N) is 2. The van der Waals surface area contributed by atoms with Crippen molar-refractivity contribution in [3.63, 3.8) is 0 Å². The van der Waals surface area contributed by atoms with E-state index in [-0.39, 0.29) is 74.1 Å². The lowest BCUT2D eigenvalue weighted by Crippen LogP contribution is -2.55. The summed E-state index contributed by atoms with van der Waals surface area (Å²) in [5, 5.41) is 27.1. The largest absolute Gasteiger partial charge is 0.488 e. The predicted octanol–water partition coefficient (Wildman–Crippen LogP) is 4.25. The molecule has 2 fully saturated rings. The zero-order valence-corrected chi connectivity index (χ0v) is 34.0. The lowest BCUT2D eigenvalue weighted by Gasteiger charge is -2.38. The van der Waals surface area contributed by atoms with Crippen LogP contribution in [0.5, 0.6) is 5.75 Å². The molecular formula is C43H62N4O11. The van der Waals surface area contributed by atoms with Crippen molar-refractivity contribution in [2.75, 3.05) is 13.4 Å². The van der Waals surface area contributed by atoms with Gasteiger partial charge in [-0.25, -0.2) is 4.79 Å². The highest BCUT2D eigenvalue weighted by molar-refractivity contribution is 5.88. The van der Waals surface area contributed by atoms with Crippen molar-refractivity contribution >= 4 is 29.7 Å². The molecule has 2 aliphatic heterocycles. The highest BCUT2D eigenvalue weighted by Gasteiger charge is 2.43. The molecule has 0 bridgehead atoms. The van der Waals surface area contributed by atoms with Gasteiger partial charge in [-0.1, -0.05) is 69.2 Å². The maximum atomic E-state index is 14.1. The maximum Gasteiger partial charge on any atom is 0.408 e. The van der Waals surface area contributed by atoms with Gasteiger partial charge >= 0.3 is 12.1 Å². The Kier molecular flexibility index (Phi) is 18.9. The minimum Gasteiger partial charge on any atom is -0.488 e. The van der Waals surface area contributed by atoms with Crippen LogP contribution in [-0.4, -0.2) is 94.9 Å². The van der Waals surface area contributed by atoms with E-state index in [1.807, 2.05) is 42.2 Å². The minimum absolute atomic E-state index is 0.000374. The van der Waals surface area contributed by atoms with E-state index >= 15 is 0 Å². The summed E-state index contributed by atoms with van der Waals surface area (Å²) in [6.45, 7) is 4.67. The third-order valence-corrected chi connectivity index (χ3v) is 10.7. The molecule has 3 amide bonds. The predicted molar refractivity (Wildman–Crippen MR) is 214 cm³/mol. The van der Waals surface area contributed by atoms with Crippen LogP contribution < -0.4 is 21.1 Å². The number of carbonyl (C=O) groups is 5. The number of benzene rings is 2. The Balaban J connectivity index is 1.35. The highest BCUT2D eigenvalue weighted by Crippen LogP contribution is 2.35. The molecule has 7 unspecified atom stereocenters. The van der Waals surface area contributed by atoms with Gasteiger partial charge in [0.25, 0.3) is 0 Å². The molecule has 0 saturated carbocycles. The summed E-state index contributed by atoms with van der Waals surface area (Å²) >= 11 is 0. The molecule has 0 aliphatic carbocycles. The zero-order chi connectivity index (χ0) is 42.0. The second-order valence-corrected chi connectivity index (χ2v) is 15.7. The van der Waals surface area contributed by atoms with Crippen LogP contribution in [0.2, 0.25) is 0 Å². The minimum atomic E-state index is -1.33. The van der Waals surface area contributed by atoms with E-state index in [4.69, 9.17) is 24.7 Å². The number of aliphatic hydroxyl groups is 2. The number of esters is 1. The number of ether oxygens (including phenoxy) is 4. The molecule has 0 spiro atoms. The quantitative estimate of drug-likeness (QED) is 0.0787. The Labute approximate surface area is 341 Å². The van der Waals surface area contributed by atoms with Crippen molar-refractivity contribution in [2.24, 2.45) is 17.6 Å². The summed E-state index contributed by atoms with van der Waals surface area (Å²) in [5.41, 5.74) is 6.84. The molecule has 4 rings (SSSR count). The fourth-order valence-corrected chi connectivity index (χ4v) is 7.43. The lowest BCUT2D eigenvalue weighted by atomic mass is 9.89. The molecule has 2 heterocycles. The second kappa shape index (κ2) is 23.7. The Morgan fingerprint density at radius 1 is 0.897 bits per heavy atom. The number of Topliss-reactive ketones (excluding diaryl/α,β-unsaturated/α-hetero) is 1. The molecule has 15 nitrogen and oxygen atoms in total. The number of nitrogens with two attached hydrogens (primary N) is 1. The van der Waals surface area contributed by atoms with E-state index in [1.165, 1.54) is 0 Å². The van der Waals surface area contributed by atoms with E-state index in [1.54, 1.807) is 38.1 Å². The fraction of sp³-hybridized carbons (Fsp3) is 0.605. The van der Waals surface area contributed by atoms with Gasteiger partial charge in [-0.15, -0.1) is 0 Å². The van der Waals surface area contributed by atoms with Gasteiger partial charge in [-0.2, -0.15) is 0 Å². The van der Waals surface area contributed by atoms with Gasteiger partial charge in [0.05, 0.1) is 18.0 Å². The molecule has 2 aliphatic rings. The first kappa shape index (κ1) is 46.1. The number of ketones is 1. The van der Waals surface area contributed by atoms with Crippen LogP contribution in [0.4, 0.5) is 4.79 Å². The summed E-state index contributed by atoms with van der Waals surface area (Å²) in [6.07, 6.45) is 3.85. The Bertz CT molecular complexity index is 1610. The standard InChI is InChI=1S/C43H62N4O11/c1-28(2)42(53)58-27-57-39(50)26-55-34-20-17-30(18-21-34)24-35(46-43(54)56-25-31-10-5-4-6-11-31)37(48)15-9-13-32-12-7-8-14-33-19-22-36(47(33)41(32)52)40(51)45-29(3)16-23-38(44)49/h4-6,10-11,17-18,20-21,28-29,32-33,35-36,39-40,45,50-51H,7-9,12-16,19,22-27H2,1-3H3,(H2,44,49)(H,46,54). The number of primary amides is 1. The summed E-state index contributed by atoms with van der Waals surface area (Å²) in [7, 11) is 0. The smallest absolute Gasteiger partial charge is 0.408 e. The molecule has 320 valence electrons. The second-order valence-electron chi connectivity index (χ2n) is 15.7. The van der Waals surface area contributed by atoms with Crippen LogP contribution in [-0.2, 0) is 46.4 Å². The van der Waals surface area contributed by atoms with Gasteiger partial charge in [-0.3, -0.25) is 24.5 Å². The summed E-state index contributed by atoms with van der Waals surface area (Å²) in [4.78, 5) is 65.6. The molecule has 0 aromatic heterocycles. The summed E-state index contributed by atoms with van der Waals surface area (Å²) in [6, 6.07) is 14.6.